The topological polar surface area (TPSA) is 52.6 Å². The van der Waals surface area contributed by atoms with Gasteiger partial charge in [-0.25, -0.2) is 9.59 Å². The van der Waals surface area contributed by atoms with Crippen molar-refractivity contribution in [2.24, 2.45) is 0 Å². The molecule has 3 rings (SSSR count). The Balaban J connectivity index is 2.06. The first-order valence-corrected chi connectivity index (χ1v) is 13.5. The van der Waals surface area contributed by atoms with Crippen LogP contribution >= 0.6 is 63.7 Å². The predicted molar refractivity (Wildman–Crippen MR) is 147 cm³/mol. The van der Waals surface area contributed by atoms with Crippen LogP contribution in [0.25, 0.3) is 0 Å². The molecule has 3 aromatic carbocycles. The number of benzene rings is 3. The van der Waals surface area contributed by atoms with Crippen molar-refractivity contribution in [3.63, 3.8) is 0 Å². The SMILES string of the molecule is CC(C)(OC(=O)c1c(Br)c(Br)c(Br)c(Br)c1C(=O)OC(C)(C)c1ccccc1)c1ccccc1. The van der Waals surface area contributed by atoms with E-state index < -0.39 is 23.1 Å². The molecule has 0 saturated heterocycles. The van der Waals surface area contributed by atoms with E-state index in [0.29, 0.717) is 17.9 Å². The Morgan fingerprint density at radius 2 is 0.853 bits per heavy atom. The number of ether oxygens (including phenoxy) is 2. The Morgan fingerprint density at radius 1 is 0.559 bits per heavy atom. The molecule has 0 amide bonds. The summed E-state index contributed by atoms with van der Waals surface area (Å²) in [4.78, 5) is 27.0. The van der Waals surface area contributed by atoms with E-state index in [1.54, 1.807) is 27.7 Å². The van der Waals surface area contributed by atoms with Gasteiger partial charge in [-0.05, 0) is 103 Å². The minimum atomic E-state index is -0.936. The third-order valence-electron chi connectivity index (χ3n) is 5.31. The number of esters is 2. The molecule has 0 atom stereocenters. The average Bonchev–Trinajstić information content (AvgIpc) is 2.80. The highest BCUT2D eigenvalue weighted by atomic mass is 79.9. The summed E-state index contributed by atoms with van der Waals surface area (Å²) in [6.07, 6.45) is 0. The van der Waals surface area contributed by atoms with Gasteiger partial charge in [0.25, 0.3) is 0 Å². The molecule has 0 unspecified atom stereocenters. The van der Waals surface area contributed by atoms with E-state index in [4.69, 9.17) is 9.47 Å². The van der Waals surface area contributed by atoms with Gasteiger partial charge in [-0.15, -0.1) is 0 Å². The molecule has 0 bridgehead atoms. The third-order valence-corrected chi connectivity index (χ3v) is 10.1. The van der Waals surface area contributed by atoms with Crippen molar-refractivity contribution in [2.45, 2.75) is 38.9 Å². The van der Waals surface area contributed by atoms with E-state index >= 15 is 0 Å². The van der Waals surface area contributed by atoms with Gasteiger partial charge < -0.3 is 9.47 Å². The van der Waals surface area contributed by atoms with Gasteiger partial charge in [0.15, 0.2) is 0 Å². The van der Waals surface area contributed by atoms with Crippen LogP contribution in [-0.4, -0.2) is 11.9 Å². The second kappa shape index (κ2) is 10.6. The monoisotopic (exact) mass is 714 g/mol. The number of carbonyl (C=O) groups is 2. The molecule has 8 heteroatoms. The molecule has 0 fully saturated rings. The molecule has 0 aliphatic carbocycles. The van der Waals surface area contributed by atoms with Gasteiger partial charge in [-0.2, -0.15) is 0 Å². The van der Waals surface area contributed by atoms with Crippen LogP contribution in [0.4, 0.5) is 0 Å². The summed E-state index contributed by atoms with van der Waals surface area (Å²) in [6, 6.07) is 18.8. The third kappa shape index (κ3) is 5.66. The molecule has 0 radical (unpaired) electrons. The van der Waals surface area contributed by atoms with Gasteiger partial charge in [-0.3, -0.25) is 0 Å². The molecule has 0 N–H and O–H groups in total. The van der Waals surface area contributed by atoms with E-state index in [-0.39, 0.29) is 11.1 Å². The van der Waals surface area contributed by atoms with Gasteiger partial charge in [0.05, 0.1) is 11.1 Å². The van der Waals surface area contributed by atoms with Crippen LogP contribution in [-0.2, 0) is 20.7 Å². The second-order valence-electron chi connectivity index (χ2n) is 8.54. The summed E-state index contributed by atoms with van der Waals surface area (Å²) in [5.41, 5.74) is -0.115. The molecule has 0 saturated carbocycles. The number of hydrogen-bond acceptors (Lipinski definition) is 4. The van der Waals surface area contributed by atoms with E-state index in [2.05, 4.69) is 63.7 Å². The number of carbonyl (C=O) groups excluding carboxylic acids is 2. The van der Waals surface area contributed by atoms with Gasteiger partial charge in [0.1, 0.15) is 11.2 Å². The number of rotatable bonds is 6. The van der Waals surface area contributed by atoms with Gasteiger partial charge in [0, 0.05) is 17.9 Å². The highest BCUT2D eigenvalue weighted by Crippen LogP contribution is 2.44. The predicted octanol–water partition coefficient (Wildman–Crippen LogP) is 8.92. The van der Waals surface area contributed by atoms with Gasteiger partial charge in [0.2, 0.25) is 0 Å². The number of halogens is 4. The lowest BCUT2D eigenvalue weighted by Crippen LogP contribution is -2.29. The lowest BCUT2D eigenvalue weighted by Gasteiger charge is -2.28. The zero-order valence-corrected chi connectivity index (χ0v) is 25.3. The Labute approximate surface area is 232 Å². The van der Waals surface area contributed by atoms with Crippen molar-refractivity contribution in [1.82, 2.24) is 0 Å². The molecule has 178 valence electrons. The first-order valence-electron chi connectivity index (χ1n) is 10.3. The summed E-state index contributed by atoms with van der Waals surface area (Å²) in [5.74, 6) is -1.34. The maximum atomic E-state index is 13.5. The fourth-order valence-corrected chi connectivity index (χ4v) is 5.82. The molecule has 34 heavy (non-hydrogen) atoms. The van der Waals surface area contributed by atoms with E-state index in [1.165, 1.54) is 0 Å². The lowest BCUT2D eigenvalue weighted by molar-refractivity contribution is -0.00816. The maximum absolute atomic E-state index is 13.5. The van der Waals surface area contributed by atoms with Crippen molar-refractivity contribution in [3.05, 3.63) is 101 Å². The van der Waals surface area contributed by atoms with Crippen LogP contribution in [0.2, 0.25) is 0 Å². The minimum Gasteiger partial charge on any atom is -0.451 e. The van der Waals surface area contributed by atoms with Crippen LogP contribution in [0.15, 0.2) is 78.6 Å². The van der Waals surface area contributed by atoms with Crippen LogP contribution in [0.1, 0.15) is 59.5 Å². The summed E-state index contributed by atoms with van der Waals surface area (Å²) >= 11 is 13.9. The summed E-state index contributed by atoms with van der Waals surface area (Å²) in [6.45, 7) is 7.20. The minimum absolute atomic E-state index is 0.0554. The zero-order valence-electron chi connectivity index (χ0n) is 18.9. The molecular weight excluding hydrogens is 696 g/mol. The molecule has 0 aliphatic rings. The van der Waals surface area contributed by atoms with Crippen LogP contribution in [0.5, 0.6) is 0 Å². The Bertz CT molecular complexity index is 1130. The fraction of sp³-hybridized carbons (Fsp3) is 0.231. The largest absolute Gasteiger partial charge is 0.451 e. The first kappa shape index (κ1) is 27.1. The van der Waals surface area contributed by atoms with Gasteiger partial charge in [-0.1, -0.05) is 60.7 Å². The Kier molecular flexibility index (Phi) is 8.49. The van der Waals surface area contributed by atoms with Crippen molar-refractivity contribution in [2.75, 3.05) is 0 Å². The molecular formula is C26H22Br4O4. The molecule has 0 heterocycles. The highest BCUT2D eigenvalue weighted by molar-refractivity contribution is 9.15. The van der Waals surface area contributed by atoms with E-state index in [9.17, 15) is 9.59 Å². The fourth-order valence-electron chi connectivity index (χ4n) is 3.38. The molecule has 4 nitrogen and oxygen atoms in total. The molecule has 0 spiro atoms. The van der Waals surface area contributed by atoms with Crippen molar-refractivity contribution >= 4 is 75.7 Å². The quantitative estimate of drug-likeness (QED) is 0.145. The normalized spacial score (nSPS) is 11.8. The second-order valence-corrected chi connectivity index (χ2v) is 11.7. The number of hydrogen-bond donors (Lipinski definition) is 0. The molecule has 0 aromatic heterocycles. The highest BCUT2D eigenvalue weighted by Gasteiger charge is 2.36. The van der Waals surface area contributed by atoms with Crippen molar-refractivity contribution in [3.8, 4) is 0 Å². The van der Waals surface area contributed by atoms with Crippen LogP contribution in [0.3, 0.4) is 0 Å². The summed E-state index contributed by atoms with van der Waals surface area (Å²) < 4.78 is 13.7. The van der Waals surface area contributed by atoms with Gasteiger partial charge >= 0.3 is 11.9 Å². The van der Waals surface area contributed by atoms with Crippen molar-refractivity contribution in [1.29, 1.82) is 0 Å². The maximum Gasteiger partial charge on any atom is 0.341 e. The summed E-state index contributed by atoms with van der Waals surface area (Å²) in [7, 11) is 0. The van der Waals surface area contributed by atoms with E-state index in [0.717, 1.165) is 11.1 Å². The molecule has 3 aromatic rings. The first-order chi connectivity index (χ1) is 15.9. The average molecular weight is 718 g/mol. The Morgan fingerprint density at radius 3 is 1.15 bits per heavy atom. The zero-order chi connectivity index (χ0) is 25.3. The lowest BCUT2D eigenvalue weighted by atomic mass is 9.97. The summed E-state index contributed by atoms with van der Waals surface area (Å²) in [5, 5.41) is 0. The molecule has 0 aliphatic heterocycles. The van der Waals surface area contributed by atoms with Crippen LogP contribution < -0.4 is 0 Å². The van der Waals surface area contributed by atoms with Crippen LogP contribution in [0, 0.1) is 0 Å². The smallest absolute Gasteiger partial charge is 0.341 e. The van der Waals surface area contributed by atoms with Crippen molar-refractivity contribution < 1.29 is 19.1 Å². The van der Waals surface area contributed by atoms with E-state index in [1.807, 2.05) is 60.7 Å². The Hall–Kier alpha value is -1.48. The standard InChI is InChI=1S/C26H22Br4O4/c1-25(2,15-11-7-5-8-12-15)33-23(31)17-18(20(28)22(30)21(29)19(17)27)24(32)34-26(3,4)16-13-9-6-10-14-16/h5-14H,1-4H3.